The number of piperazine rings is 1. The molecule has 0 spiro atoms. The van der Waals surface area contributed by atoms with Crippen molar-refractivity contribution >= 4 is 16.9 Å². The molecule has 1 aliphatic heterocycles. The number of nitrogens with zero attached hydrogens (tertiary/aromatic N) is 2. The number of carbonyl (C=O) groups is 1. The number of benzene rings is 3. The Morgan fingerprint density at radius 3 is 2.26 bits per heavy atom. The van der Waals surface area contributed by atoms with Gasteiger partial charge in [-0.15, -0.1) is 0 Å². The van der Waals surface area contributed by atoms with Crippen LogP contribution in [0, 0.1) is 0 Å². The van der Waals surface area contributed by atoms with E-state index in [1.807, 2.05) is 12.1 Å². The van der Waals surface area contributed by atoms with Crippen molar-refractivity contribution in [3.05, 3.63) is 70.4 Å². The molecule has 1 saturated heterocycles. The van der Waals surface area contributed by atoms with Crippen LogP contribution < -0.4 is 29.1 Å². The fourth-order valence-electron chi connectivity index (χ4n) is 5.19. The van der Waals surface area contributed by atoms with Crippen molar-refractivity contribution in [1.82, 2.24) is 9.80 Å². The molecular weight excluding hydrogens is 556 g/mol. The second-order valence-electron chi connectivity index (χ2n) is 9.93. The average molecular weight is 591 g/mol. The third kappa shape index (κ3) is 6.17. The molecule has 5 rings (SSSR count). The number of fused-ring (bicyclic) bond motifs is 1. The minimum absolute atomic E-state index is 0.116. The molecule has 1 aromatic heterocycles. The first-order chi connectivity index (χ1) is 20.9. The molecule has 3 aromatic carbocycles. The van der Waals surface area contributed by atoms with Gasteiger partial charge in [0.25, 0.3) is 5.91 Å². The summed E-state index contributed by atoms with van der Waals surface area (Å²) in [4.78, 5) is 29.8. The van der Waals surface area contributed by atoms with Crippen LogP contribution in [-0.2, 0) is 11.3 Å². The van der Waals surface area contributed by atoms with E-state index < -0.39 is 0 Å². The van der Waals surface area contributed by atoms with E-state index in [2.05, 4.69) is 4.90 Å². The number of hydrogen-bond acceptors (Lipinski definition) is 10. The van der Waals surface area contributed by atoms with Crippen LogP contribution in [0.4, 0.5) is 0 Å². The number of amides is 1. The molecule has 0 bridgehead atoms. The van der Waals surface area contributed by atoms with E-state index in [-0.39, 0.29) is 34.7 Å². The van der Waals surface area contributed by atoms with Gasteiger partial charge in [-0.3, -0.25) is 14.5 Å². The van der Waals surface area contributed by atoms with Gasteiger partial charge in [0.15, 0.2) is 35.0 Å². The summed E-state index contributed by atoms with van der Waals surface area (Å²) in [6.45, 7) is 2.90. The first kappa shape index (κ1) is 29.6. The normalized spacial score (nSPS) is 13.5. The van der Waals surface area contributed by atoms with E-state index in [9.17, 15) is 14.7 Å². The molecule has 1 fully saturated rings. The van der Waals surface area contributed by atoms with Gasteiger partial charge in [-0.2, -0.15) is 0 Å². The van der Waals surface area contributed by atoms with Crippen molar-refractivity contribution in [3.63, 3.8) is 0 Å². The van der Waals surface area contributed by atoms with Gasteiger partial charge in [-0.25, -0.2) is 0 Å². The fraction of sp³-hybridized carbons (Fsp3) is 0.312. The molecule has 1 amide bonds. The van der Waals surface area contributed by atoms with Gasteiger partial charge in [0.2, 0.25) is 5.75 Å². The van der Waals surface area contributed by atoms with Crippen molar-refractivity contribution in [2.45, 2.75) is 6.54 Å². The number of hydrogen-bond donors (Lipinski definition) is 1. The third-order valence-electron chi connectivity index (χ3n) is 7.44. The van der Waals surface area contributed by atoms with E-state index in [4.69, 9.17) is 28.1 Å². The number of ether oxygens (including phenoxy) is 5. The van der Waals surface area contributed by atoms with Crippen molar-refractivity contribution < 1.29 is 38.0 Å². The SMILES string of the molecule is COc1ccc(-c2cc(=O)c3c(O)cccc3o2)cc1OCC(=O)N1CCN(Cc2ccc(OC)c(OC)c2OC)CC1. The standard InChI is InChI=1S/C32H34N2O9/c1-38-24-10-8-20(27-17-23(36)30-22(35)6-5-7-25(30)43-27)16-28(24)42-19-29(37)34-14-12-33(13-15-34)18-21-9-11-26(39-2)32(41-4)31(21)40-3/h5-11,16-17,35H,12-15,18-19H2,1-4H3. The van der Waals surface area contributed by atoms with Crippen molar-refractivity contribution in [1.29, 1.82) is 0 Å². The molecule has 4 aromatic rings. The van der Waals surface area contributed by atoms with Crippen LogP contribution in [0.1, 0.15) is 5.56 Å². The molecule has 0 radical (unpaired) electrons. The predicted octanol–water partition coefficient (Wildman–Crippen LogP) is 3.92. The van der Waals surface area contributed by atoms with E-state index in [1.165, 1.54) is 19.2 Å². The average Bonchev–Trinajstić information content (AvgIpc) is 3.03. The summed E-state index contributed by atoms with van der Waals surface area (Å²) in [5.74, 6) is 2.56. The number of rotatable bonds is 10. The maximum Gasteiger partial charge on any atom is 0.260 e. The quantitative estimate of drug-likeness (QED) is 0.291. The Labute approximate surface area is 248 Å². The number of phenols is 1. The maximum absolute atomic E-state index is 13.1. The summed E-state index contributed by atoms with van der Waals surface area (Å²) >= 11 is 0. The third-order valence-corrected chi connectivity index (χ3v) is 7.44. The number of aromatic hydroxyl groups is 1. The van der Waals surface area contributed by atoms with Crippen LogP contribution in [-0.4, -0.2) is 82.0 Å². The van der Waals surface area contributed by atoms with Crippen LogP contribution in [0.15, 0.2) is 63.8 Å². The lowest BCUT2D eigenvalue weighted by Gasteiger charge is -2.35. The van der Waals surface area contributed by atoms with Crippen molar-refractivity contribution in [2.75, 3.05) is 61.2 Å². The highest BCUT2D eigenvalue weighted by atomic mass is 16.5. The van der Waals surface area contributed by atoms with Gasteiger partial charge in [0, 0.05) is 49.9 Å². The number of phenolic OH excluding ortho intramolecular Hbond substituents is 1. The van der Waals surface area contributed by atoms with E-state index in [0.717, 1.165) is 5.56 Å². The highest BCUT2D eigenvalue weighted by Crippen LogP contribution is 2.40. The number of methoxy groups -OCH3 is 4. The molecule has 2 heterocycles. The zero-order chi connectivity index (χ0) is 30.5. The zero-order valence-electron chi connectivity index (χ0n) is 24.5. The molecule has 11 nitrogen and oxygen atoms in total. The Morgan fingerprint density at radius 2 is 1.56 bits per heavy atom. The highest BCUT2D eigenvalue weighted by Gasteiger charge is 2.24. The molecule has 1 aliphatic rings. The second-order valence-corrected chi connectivity index (χ2v) is 9.93. The molecule has 0 unspecified atom stereocenters. The Kier molecular flexibility index (Phi) is 8.91. The Balaban J connectivity index is 1.23. The minimum Gasteiger partial charge on any atom is -0.507 e. The summed E-state index contributed by atoms with van der Waals surface area (Å²) in [5, 5.41) is 10.2. The first-order valence-corrected chi connectivity index (χ1v) is 13.7. The zero-order valence-corrected chi connectivity index (χ0v) is 24.5. The van der Waals surface area contributed by atoms with Crippen LogP contribution in [0.5, 0.6) is 34.5 Å². The fourth-order valence-corrected chi connectivity index (χ4v) is 5.19. The smallest absolute Gasteiger partial charge is 0.260 e. The molecule has 0 atom stereocenters. The summed E-state index contributed by atoms with van der Waals surface area (Å²) in [5.41, 5.74) is 1.42. The van der Waals surface area contributed by atoms with Crippen LogP contribution in [0.25, 0.3) is 22.3 Å². The highest BCUT2D eigenvalue weighted by molar-refractivity contribution is 5.84. The van der Waals surface area contributed by atoms with E-state index >= 15 is 0 Å². The van der Waals surface area contributed by atoms with Crippen molar-refractivity contribution in [3.8, 4) is 45.8 Å². The van der Waals surface area contributed by atoms with Gasteiger partial charge >= 0.3 is 0 Å². The van der Waals surface area contributed by atoms with Gasteiger partial charge in [0.1, 0.15) is 22.5 Å². The molecule has 0 saturated carbocycles. The van der Waals surface area contributed by atoms with Crippen LogP contribution in [0.3, 0.4) is 0 Å². The Morgan fingerprint density at radius 1 is 0.837 bits per heavy atom. The van der Waals surface area contributed by atoms with Crippen molar-refractivity contribution in [2.24, 2.45) is 0 Å². The number of carbonyl (C=O) groups excluding carboxylic acids is 1. The van der Waals surface area contributed by atoms with E-state index in [0.29, 0.717) is 72.8 Å². The lowest BCUT2D eigenvalue weighted by atomic mass is 10.1. The van der Waals surface area contributed by atoms with E-state index in [1.54, 1.807) is 56.6 Å². The lowest BCUT2D eigenvalue weighted by Crippen LogP contribution is -2.49. The second kappa shape index (κ2) is 13.0. The Bertz CT molecular complexity index is 1680. The molecule has 1 N–H and O–H groups in total. The summed E-state index contributed by atoms with van der Waals surface area (Å²) in [7, 11) is 6.28. The minimum atomic E-state index is -0.369. The predicted molar refractivity (Wildman–Crippen MR) is 160 cm³/mol. The Hall–Kier alpha value is -4.90. The molecule has 43 heavy (non-hydrogen) atoms. The summed E-state index contributed by atoms with van der Waals surface area (Å²) in [6.07, 6.45) is 0. The monoisotopic (exact) mass is 590 g/mol. The molecular formula is C32H34N2O9. The lowest BCUT2D eigenvalue weighted by molar-refractivity contribution is -0.135. The summed E-state index contributed by atoms with van der Waals surface area (Å²) < 4.78 is 33.7. The van der Waals surface area contributed by atoms with Gasteiger partial charge in [0.05, 0.1) is 28.4 Å². The summed E-state index contributed by atoms with van der Waals surface area (Å²) in [6, 6.07) is 14.9. The first-order valence-electron chi connectivity index (χ1n) is 13.7. The molecule has 0 aliphatic carbocycles. The van der Waals surface area contributed by atoms with Gasteiger partial charge in [-0.1, -0.05) is 12.1 Å². The topological polar surface area (TPSA) is 120 Å². The largest absolute Gasteiger partial charge is 0.507 e. The maximum atomic E-state index is 13.1. The molecule has 11 heteroatoms. The van der Waals surface area contributed by atoms with Crippen LogP contribution in [0.2, 0.25) is 0 Å². The van der Waals surface area contributed by atoms with Gasteiger partial charge in [-0.05, 0) is 36.4 Å². The van der Waals surface area contributed by atoms with Gasteiger partial charge < -0.3 is 38.1 Å². The molecule has 226 valence electrons. The van der Waals surface area contributed by atoms with Crippen LogP contribution >= 0.6 is 0 Å².